The molecule has 5 nitrogen and oxygen atoms in total. The minimum Gasteiger partial charge on any atom is -0.335 e. The quantitative estimate of drug-likeness (QED) is 0.677. The summed E-state index contributed by atoms with van der Waals surface area (Å²) in [6, 6.07) is 16.6. The van der Waals surface area contributed by atoms with Gasteiger partial charge in [-0.05, 0) is 62.4 Å². The van der Waals surface area contributed by atoms with Crippen LogP contribution >= 0.6 is 0 Å². The molecule has 1 aliphatic carbocycles. The van der Waals surface area contributed by atoms with Crippen LogP contribution in [0, 0.1) is 19.7 Å². The highest BCUT2D eigenvalue weighted by molar-refractivity contribution is 5.74. The first-order valence-corrected chi connectivity index (χ1v) is 9.91. The van der Waals surface area contributed by atoms with E-state index in [0.717, 1.165) is 41.0 Å². The lowest BCUT2D eigenvalue weighted by atomic mass is 9.76. The summed E-state index contributed by atoms with van der Waals surface area (Å²) < 4.78 is 15.2. The highest BCUT2D eigenvalue weighted by atomic mass is 19.1. The zero-order valence-corrected chi connectivity index (χ0v) is 16.7. The molecule has 29 heavy (non-hydrogen) atoms. The van der Waals surface area contributed by atoms with Crippen LogP contribution in [0.25, 0.3) is 5.69 Å². The van der Waals surface area contributed by atoms with Crippen molar-refractivity contribution >= 4 is 6.03 Å². The van der Waals surface area contributed by atoms with Gasteiger partial charge >= 0.3 is 6.03 Å². The number of aromatic nitrogens is 2. The average Bonchev–Trinajstić information content (AvgIpc) is 2.97. The van der Waals surface area contributed by atoms with Crippen LogP contribution in [-0.4, -0.2) is 21.9 Å². The molecule has 1 heterocycles. The number of urea groups is 1. The van der Waals surface area contributed by atoms with Crippen LogP contribution in [0.5, 0.6) is 0 Å². The highest BCUT2D eigenvalue weighted by Gasteiger charge is 2.31. The van der Waals surface area contributed by atoms with E-state index in [1.807, 2.05) is 54.9 Å². The summed E-state index contributed by atoms with van der Waals surface area (Å²) in [5.74, 6) is 0.100. The molecule has 1 aliphatic rings. The van der Waals surface area contributed by atoms with Crippen LogP contribution in [-0.2, 0) is 6.54 Å². The van der Waals surface area contributed by atoms with Crippen molar-refractivity contribution in [3.63, 3.8) is 0 Å². The molecule has 0 spiro atoms. The lowest BCUT2D eigenvalue weighted by Gasteiger charge is -2.36. The molecule has 1 fully saturated rings. The van der Waals surface area contributed by atoms with Crippen molar-refractivity contribution in [1.29, 1.82) is 0 Å². The van der Waals surface area contributed by atoms with Gasteiger partial charge < -0.3 is 10.6 Å². The highest BCUT2D eigenvalue weighted by Crippen LogP contribution is 2.36. The molecule has 2 aromatic carbocycles. The number of benzene rings is 2. The topological polar surface area (TPSA) is 59.0 Å². The first-order chi connectivity index (χ1) is 14.0. The van der Waals surface area contributed by atoms with Gasteiger partial charge in [-0.3, -0.25) is 0 Å². The first kappa shape index (κ1) is 19.2. The van der Waals surface area contributed by atoms with Gasteiger partial charge in [-0.2, -0.15) is 5.10 Å². The van der Waals surface area contributed by atoms with E-state index in [-0.39, 0.29) is 17.9 Å². The first-order valence-electron chi connectivity index (χ1n) is 9.91. The van der Waals surface area contributed by atoms with E-state index in [9.17, 15) is 9.18 Å². The molecule has 0 aliphatic heterocycles. The van der Waals surface area contributed by atoms with E-state index >= 15 is 0 Å². The van der Waals surface area contributed by atoms with E-state index < -0.39 is 0 Å². The summed E-state index contributed by atoms with van der Waals surface area (Å²) in [4.78, 5) is 12.3. The monoisotopic (exact) mass is 392 g/mol. The summed E-state index contributed by atoms with van der Waals surface area (Å²) in [5.41, 5.74) is 4.95. The van der Waals surface area contributed by atoms with Gasteiger partial charge in [0.05, 0.1) is 11.4 Å². The van der Waals surface area contributed by atoms with Crippen LogP contribution in [0.2, 0.25) is 0 Å². The number of amides is 2. The van der Waals surface area contributed by atoms with Gasteiger partial charge in [0.1, 0.15) is 5.82 Å². The standard InChI is InChI=1S/C23H25FN4O/c1-15-22(16(2)28(27-15)21-9-4-3-5-10-21)14-25-23(29)26-20-12-18(13-20)17-7-6-8-19(24)11-17/h3-11,18,20H,12-14H2,1-2H3,(H2,25,26,29). The Bertz CT molecular complexity index is 1010. The normalized spacial score (nSPS) is 18.2. The molecule has 1 saturated carbocycles. The summed E-state index contributed by atoms with van der Waals surface area (Å²) in [6.07, 6.45) is 1.67. The third kappa shape index (κ3) is 4.16. The van der Waals surface area contributed by atoms with Crippen LogP contribution < -0.4 is 10.6 Å². The molecule has 1 aromatic heterocycles. The molecular weight excluding hydrogens is 367 g/mol. The van der Waals surface area contributed by atoms with Gasteiger partial charge in [0, 0.05) is 23.8 Å². The zero-order valence-electron chi connectivity index (χ0n) is 16.7. The summed E-state index contributed by atoms with van der Waals surface area (Å²) in [7, 11) is 0. The number of carbonyl (C=O) groups is 1. The van der Waals surface area contributed by atoms with Gasteiger partial charge in [-0.15, -0.1) is 0 Å². The van der Waals surface area contributed by atoms with Crippen molar-refractivity contribution in [2.24, 2.45) is 0 Å². The molecule has 3 aromatic rings. The number of nitrogens with one attached hydrogen (secondary N) is 2. The predicted octanol–water partition coefficient (Wildman–Crippen LogP) is 4.37. The third-order valence-corrected chi connectivity index (χ3v) is 5.66. The second-order valence-corrected chi connectivity index (χ2v) is 7.64. The fraction of sp³-hybridized carbons (Fsp3) is 0.304. The minimum atomic E-state index is -0.210. The molecule has 4 rings (SSSR count). The lowest BCUT2D eigenvalue weighted by molar-refractivity contribution is 0.222. The SMILES string of the molecule is Cc1nn(-c2ccccc2)c(C)c1CNC(=O)NC1CC(c2cccc(F)c2)C1. The Hall–Kier alpha value is -3.15. The molecule has 0 bridgehead atoms. The Labute approximate surface area is 169 Å². The summed E-state index contributed by atoms with van der Waals surface area (Å²) in [6.45, 7) is 4.39. The lowest BCUT2D eigenvalue weighted by Crippen LogP contribution is -2.47. The minimum absolute atomic E-state index is 0.123. The van der Waals surface area contributed by atoms with Crippen LogP contribution in [0.1, 0.15) is 41.3 Å². The number of hydrogen-bond donors (Lipinski definition) is 2. The van der Waals surface area contributed by atoms with Crippen LogP contribution in [0.15, 0.2) is 54.6 Å². The zero-order chi connectivity index (χ0) is 20.4. The molecule has 0 atom stereocenters. The van der Waals surface area contributed by atoms with Crippen LogP contribution in [0.4, 0.5) is 9.18 Å². The van der Waals surface area contributed by atoms with Crippen LogP contribution in [0.3, 0.4) is 0 Å². The average molecular weight is 392 g/mol. The fourth-order valence-electron chi connectivity index (χ4n) is 3.92. The van der Waals surface area contributed by atoms with Crippen molar-refractivity contribution in [2.45, 2.75) is 45.2 Å². The second-order valence-electron chi connectivity index (χ2n) is 7.64. The maximum Gasteiger partial charge on any atom is 0.315 e. The molecule has 150 valence electrons. The maximum absolute atomic E-state index is 13.3. The molecule has 0 unspecified atom stereocenters. The smallest absolute Gasteiger partial charge is 0.315 e. The number of para-hydroxylation sites is 1. The summed E-state index contributed by atoms with van der Waals surface area (Å²) in [5, 5.41) is 10.6. The number of hydrogen-bond acceptors (Lipinski definition) is 2. The Morgan fingerprint density at radius 3 is 2.62 bits per heavy atom. The Balaban J connectivity index is 1.30. The fourth-order valence-corrected chi connectivity index (χ4v) is 3.92. The van der Waals surface area contributed by atoms with E-state index in [1.165, 1.54) is 6.07 Å². The second kappa shape index (κ2) is 8.07. The number of halogens is 1. The van der Waals surface area contributed by atoms with Crippen molar-refractivity contribution in [3.05, 3.63) is 82.9 Å². The van der Waals surface area contributed by atoms with E-state index in [0.29, 0.717) is 12.5 Å². The summed E-state index contributed by atoms with van der Waals surface area (Å²) >= 11 is 0. The number of carbonyl (C=O) groups excluding carboxylic acids is 1. The molecular formula is C23H25FN4O. The van der Waals surface area contributed by atoms with Gasteiger partial charge in [-0.25, -0.2) is 13.9 Å². The largest absolute Gasteiger partial charge is 0.335 e. The van der Waals surface area contributed by atoms with E-state index in [1.54, 1.807) is 12.1 Å². The van der Waals surface area contributed by atoms with Crippen molar-refractivity contribution < 1.29 is 9.18 Å². The number of rotatable bonds is 5. The van der Waals surface area contributed by atoms with E-state index in [4.69, 9.17) is 0 Å². The van der Waals surface area contributed by atoms with Gasteiger partial charge in [0.2, 0.25) is 0 Å². The third-order valence-electron chi connectivity index (χ3n) is 5.66. The van der Waals surface area contributed by atoms with Gasteiger partial charge in [0.25, 0.3) is 0 Å². The Kier molecular flexibility index (Phi) is 5.34. The van der Waals surface area contributed by atoms with E-state index in [2.05, 4.69) is 15.7 Å². The molecule has 0 saturated heterocycles. The predicted molar refractivity (Wildman–Crippen MR) is 111 cm³/mol. The molecule has 2 N–H and O–H groups in total. The Morgan fingerprint density at radius 1 is 1.14 bits per heavy atom. The van der Waals surface area contributed by atoms with Crippen molar-refractivity contribution in [2.75, 3.05) is 0 Å². The number of aryl methyl sites for hydroxylation is 1. The Morgan fingerprint density at radius 2 is 1.90 bits per heavy atom. The molecule has 0 radical (unpaired) electrons. The van der Waals surface area contributed by atoms with Crippen molar-refractivity contribution in [1.82, 2.24) is 20.4 Å². The number of nitrogens with zero attached hydrogens (tertiary/aromatic N) is 2. The molecule has 2 amide bonds. The van der Waals surface area contributed by atoms with Crippen molar-refractivity contribution in [3.8, 4) is 5.69 Å². The van der Waals surface area contributed by atoms with Gasteiger partial charge in [0.15, 0.2) is 0 Å². The maximum atomic E-state index is 13.3. The van der Waals surface area contributed by atoms with Gasteiger partial charge in [-0.1, -0.05) is 30.3 Å². The molecule has 6 heteroatoms.